The van der Waals surface area contributed by atoms with Crippen LogP contribution in [-0.4, -0.2) is 29.8 Å². The molecule has 1 aliphatic carbocycles. The Kier molecular flexibility index (Phi) is 5.22. The highest BCUT2D eigenvalue weighted by molar-refractivity contribution is 5.72. The zero-order valence-corrected chi connectivity index (χ0v) is 10.2. The minimum Gasteiger partial charge on any atom is -0.480 e. The van der Waals surface area contributed by atoms with Crippen molar-refractivity contribution in [2.75, 3.05) is 6.61 Å². The van der Waals surface area contributed by atoms with E-state index < -0.39 is 12.0 Å². The molecular weight excluding hydrogens is 206 g/mol. The van der Waals surface area contributed by atoms with E-state index in [0.29, 0.717) is 25.0 Å². The average Bonchev–Trinajstić information content (AvgIpc) is 2.23. The number of carboxylic acids is 1. The van der Waals surface area contributed by atoms with Gasteiger partial charge in [0.1, 0.15) is 6.04 Å². The van der Waals surface area contributed by atoms with Gasteiger partial charge in [0, 0.05) is 6.61 Å². The lowest BCUT2D eigenvalue weighted by Crippen LogP contribution is -2.33. The van der Waals surface area contributed by atoms with Gasteiger partial charge in [0.2, 0.25) is 0 Å². The van der Waals surface area contributed by atoms with Crippen LogP contribution in [-0.2, 0) is 9.53 Å². The average molecular weight is 229 g/mol. The summed E-state index contributed by atoms with van der Waals surface area (Å²) < 4.78 is 5.68. The molecule has 0 spiro atoms. The third-order valence-electron chi connectivity index (χ3n) is 3.65. The molecule has 0 saturated heterocycles. The zero-order chi connectivity index (χ0) is 12.1. The van der Waals surface area contributed by atoms with Gasteiger partial charge in [0.15, 0.2) is 0 Å². The first-order valence-corrected chi connectivity index (χ1v) is 6.10. The molecule has 0 bridgehead atoms. The first-order valence-electron chi connectivity index (χ1n) is 6.10. The lowest BCUT2D eigenvalue weighted by Gasteiger charge is -2.32. The minimum atomic E-state index is -0.950. The summed E-state index contributed by atoms with van der Waals surface area (Å²) in [5.41, 5.74) is 5.40. The Morgan fingerprint density at radius 3 is 2.69 bits per heavy atom. The van der Waals surface area contributed by atoms with Crippen LogP contribution < -0.4 is 5.73 Å². The summed E-state index contributed by atoms with van der Waals surface area (Å²) in [5, 5.41) is 8.62. The highest BCUT2D eigenvalue weighted by atomic mass is 16.5. The van der Waals surface area contributed by atoms with Crippen molar-refractivity contribution in [1.82, 2.24) is 0 Å². The van der Waals surface area contributed by atoms with E-state index in [9.17, 15) is 4.79 Å². The van der Waals surface area contributed by atoms with Crippen LogP contribution in [0.5, 0.6) is 0 Å². The van der Waals surface area contributed by atoms with Crippen LogP contribution in [0.25, 0.3) is 0 Å². The number of nitrogens with two attached hydrogens (primary N) is 1. The fraction of sp³-hybridized carbons (Fsp3) is 0.917. The van der Waals surface area contributed by atoms with Crippen LogP contribution in [0, 0.1) is 11.8 Å². The van der Waals surface area contributed by atoms with E-state index in [2.05, 4.69) is 13.8 Å². The second-order valence-corrected chi connectivity index (χ2v) is 4.99. The van der Waals surface area contributed by atoms with Crippen LogP contribution in [0.15, 0.2) is 0 Å². The minimum absolute atomic E-state index is 0.298. The molecule has 0 aromatic heterocycles. The van der Waals surface area contributed by atoms with Crippen LogP contribution in [0.4, 0.5) is 0 Å². The zero-order valence-electron chi connectivity index (χ0n) is 10.2. The molecule has 94 valence electrons. The Hall–Kier alpha value is -0.610. The van der Waals surface area contributed by atoms with E-state index in [1.165, 1.54) is 6.42 Å². The summed E-state index contributed by atoms with van der Waals surface area (Å²) in [6.07, 6.45) is 4.08. The fourth-order valence-corrected chi connectivity index (χ4v) is 2.13. The van der Waals surface area contributed by atoms with E-state index in [4.69, 9.17) is 15.6 Å². The summed E-state index contributed by atoms with van der Waals surface area (Å²) in [4.78, 5) is 10.5. The van der Waals surface area contributed by atoms with Crippen LogP contribution in [0.2, 0.25) is 0 Å². The molecule has 0 aromatic rings. The maximum absolute atomic E-state index is 10.5. The van der Waals surface area contributed by atoms with E-state index in [0.717, 1.165) is 18.8 Å². The molecule has 0 aliphatic heterocycles. The third-order valence-corrected chi connectivity index (χ3v) is 3.65. The van der Waals surface area contributed by atoms with E-state index in [-0.39, 0.29) is 0 Å². The summed E-state index contributed by atoms with van der Waals surface area (Å²) in [5.74, 6) is 0.530. The smallest absolute Gasteiger partial charge is 0.320 e. The number of ether oxygens (including phenoxy) is 1. The molecule has 4 unspecified atom stereocenters. The van der Waals surface area contributed by atoms with Gasteiger partial charge < -0.3 is 15.6 Å². The highest BCUT2D eigenvalue weighted by Crippen LogP contribution is 2.30. The molecule has 4 atom stereocenters. The van der Waals surface area contributed by atoms with E-state index in [1.54, 1.807) is 0 Å². The standard InChI is InChI=1S/C12H23NO3/c1-8-3-4-10(7-9(8)2)16-6-5-11(13)12(14)15/h8-11H,3-7,13H2,1-2H3,(H,14,15). The summed E-state index contributed by atoms with van der Waals surface area (Å²) in [6.45, 7) is 4.99. The first kappa shape index (κ1) is 13.5. The summed E-state index contributed by atoms with van der Waals surface area (Å²) in [6, 6.07) is -0.792. The SMILES string of the molecule is CC1CCC(OCCC(N)C(=O)O)CC1C. The highest BCUT2D eigenvalue weighted by Gasteiger charge is 2.25. The fourth-order valence-electron chi connectivity index (χ4n) is 2.13. The van der Waals surface area contributed by atoms with Gasteiger partial charge in [0.05, 0.1) is 6.10 Å². The van der Waals surface area contributed by atoms with Gasteiger partial charge in [-0.15, -0.1) is 0 Å². The van der Waals surface area contributed by atoms with Gasteiger partial charge in [-0.3, -0.25) is 4.79 Å². The molecule has 4 nitrogen and oxygen atoms in total. The summed E-state index contributed by atoms with van der Waals surface area (Å²) in [7, 11) is 0. The van der Waals surface area contributed by atoms with Crippen molar-refractivity contribution in [3.05, 3.63) is 0 Å². The molecule has 0 radical (unpaired) electrons. The van der Waals surface area contributed by atoms with Gasteiger partial charge >= 0.3 is 5.97 Å². The Bertz CT molecular complexity index is 232. The van der Waals surface area contributed by atoms with Crippen molar-refractivity contribution in [3.8, 4) is 0 Å². The number of carboxylic acid groups (broad SMARTS) is 1. The lowest BCUT2D eigenvalue weighted by atomic mass is 9.80. The molecule has 1 saturated carbocycles. The maximum atomic E-state index is 10.5. The predicted octanol–water partition coefficient (Wildman–Crippen LogP) is 1.63. The number of carbonyl (C=O) groups is 1. The molecule has 0 amide bonds. The largest absolute Gasteiger partial charge is 0.480 e. The second kappa shape index (κ2) is 6.21. The van der Waals surface area contributed by atoms with Crippen LogP contribution >= 0.6 is 0 Å². The molecular formula is C12H23NO3. The third kappa shape index (κ3) is 4.10. The normalized spacial score (nSPS) is 32.3. The number of hydrogen-bond donors (Lipinski definition) is 2. The Morgan fingerprint density at radius 2 is 2.12 bits per heavy atom. The molecule has 0 heterocycles. The lowest BCUT2D eigenvalue weighted by molar-refractivity contribution is -0.139. The molecule has 3 N–H and O–H groups in total. The van der Waals surface area contributed by atoms with Gasteiger partial charge in [-0.25, -0.2) is 0 Å². The maximum Gasteiger partial charge on any atom is 0.320 e. The monoisotopic (exact) mass is 229 g/mol. The topological polar surface area (TPSA) is 72.5 Å². The van der Waals surface area contributed by atoms with Gasteiger partial charge in [-0.05, 0) is 37.5 Å². The van der Waals surface area contributed by atoms with Gasteiger partial charge in [-0.2, -0.15) is 0 Å². The molecule has 16 heavy (non-hydrogen) atoms. The molecule has 1 fully saturated rings. The Labute approximate surface area is 97.2 Å². The number of rotatable bonds is 5. The molecule has 0 aromatic carbocycles. The van der Waals surface area contributed by atoms with Crippen LogP contribution in [0.3, 0.4) is 0 Å². The van der Waals surface area contributed by atoms with Crippen molar-refractivity contribution < 1.29 is 14.6 Å². The van der Waals surface area contributed by atoms with Crippen molar-refractivity contribution in [3.63, 3.8) is 0 Å². The molecule has 1 aliphatic rings. The molecule has 4 heteroatoms. The van der Waals surface area contributed by atoms with Crippen LogP contribution in [0.1, 0.15) is 39.5 Å². The number of aliphatic carboxylic acids is 1. The van der Waals surface area contributed by atoms with Crippen molar-refractivity contribution in [2.24, 2.45) is 17.6 Å². The predicted molar refractivity (Wildman–Crippen MR) is 62.1 cm³/mol. The Morgan fingerprint density at radius 1 is 1.44 bits per heavy atom. The van der Waals surface area contributed by atoms with E-state index >= 15 is 0 Å². The van der Waals surface area contributed by atoms with Crippen molar-refractivity contribution in [2.45, 2.75) is 51.7 Å². The summed E-state index contributed by atoms with van der Waals surface area (Å²) >= 11 is 0. The quantitative estimate of drug-likeness (QED) is 0.751. The van der Waals surface area contributed by atoms with Gasteiger partial charge in [-0.1, -0.05) is 13.8 Å². The molecule has 1 rings (SSSR count). The second-order valence-electron chi connectivity index (χ2n) is 4.99. The van der Waals surface area contributed by atoms with Crippen molar-refractivity contribution >= 4 is 5.97 Å². The van der Waals surface area contributed by atoms with E-state index in [1.807, 2.05) is 0 Å². The van der Waals surface area contributed by atoms with Crippen molar-refractivity contribution in [1.29, 1.82) is 0 Å². The Balaban J connectivity index is 2.16. The first-order chi connectivity index (χ1) is 7.50. The van der Waals surface area contributed by atoms with Gasteiger partial charge in [0.25, 0.3) is 0 Å². The number of hydrogen-bond acceptors (Lipinski definition) is 3.